The van der Waals surface area contributed by atoms with Gasteiger partial charge in [0.2, 0.25) is 5.28 Å². The zero-order chi connectivity index (χ0) is 10.7. The number of nitrogens with zero attached hydrogens (tertiary/aromatic N) is 3. The van der Waals surface area contributed by atoms with Gasteiger partial charge in [-0.15, -0.1) is 0 Å². The van der Waals surface area contributed by atoms with Crippen LogP contribution < -0.4 is 5.32 Å². The van der Waals surface area contributed by atoms with Crippen molar-refractivity contribution in [3.8, 4) is 0 Å². The van der Waals surface area contributed by atoms with E-state index in [1.807, 2.05) is 6.92 Å². The molecule has 2 rings (SSSR count). The summed E-state index contributed by atoms with van der Waals surface area (Å²) in [7, 11) is 0. The Hall–Kier alpha value is -1.62. The molecule has 0 aliphatic rings. The molecule has 6 heteroatoms. The van der Waals surface area contributed by atoms with Crippen LogP contribution in [0.25, 0.3) is 0 Å². The van der Waals surface area contributed by atoms with Crippen molar-refractivity contribution < 1.29 is 0 Å². The van der Waals surface area contributed by atoms with Crippen LogP contribution in [0.3, 0.4) is 0 Å². The SMILES string of the molecule is CC(Nc1ccnc(Cl)n1)c1ncc[nH]1. The highest BCUT2D eigenvalue weighted by molar-refractivity contribution is 6.28. The third-order valence-electron chi connectivity index (χ3n) is 1.92. The molecule has 0 aromatic carbocycles. The first-order valence-electron chi connectivity index (χ1n) is 4.50. The number of hydrogen-bond acceptors (Lipinski definition) is 4. The van der Waals surface area contributed by atoms with E-state index in [-0.39, 0.29) is 11.3 Å². The summed E-state index contributed by atoms with van der Waals surface area (Å²) in [6.07, 6.45) is 5.09. The molecule has 2 heterocycles. The smallest absolute Gasteiger partial charge is 0.224 e. The van der Waals surface area contributed by atoms with Crippen LogP contribution in [0.5, 0.6) is 0 Å². The number of imidazole rings is 1. The molecule has 1 atom stereocenters. The molecule has 5 nitrogen and oxygen atoms in total. The van der Waals surface area contributed by atoms with Crippen molar-refractivity contribution in [2.75, 3.05) is 5.32 Å². The summed E-state index contributed by atoms with van der Waals surface area (Å²) in [5, 5.41) is 3.38. The third kappa shape index (κ3) is 2.44. The minimum Gasteiger partial charge on any atom is -0.360 e. The van der Waals surface area contributed by atoms with E-state index in [0.29, 0.717) is 5.82 Å². The van der Waals surface area contributed by atoms with Gasteiger partial charge < -0.3 is 10.3 Å². The van der Waals surface area contributed by atoms with Gasteiger partial charge in [0.05, 0.1) is 6.04 Å². The number of aromatic amines is 1. The second kappa shape index (κ2) is 4.27. The van der Waals surface area contributed by atoms with Crippen LogP contribution in [0.2, 0.25) is 5.28 Å². The lowest BCUT2D eigenvalue weighted by Crippen LogP contribution is -2.09. The predicted molar refractivity (Wildman–Crippen MR) is 57.7 cm³/mol. The lowest BCUT2D eigenvalue weighted by atomic mass is 10.3. The van der Waals surface area contributed by atoms with Gasteiger partial charge in [0.1, 0.15) is 11.6 Å². The lowest BCUT2D eigenvalue weighted by molar-refractivity contribution is 0.802. The fourth-order valence-corrected chi connectivity index (χ4v) is 1.37. The second-order valence-corrected chi connectivity index (χ2v) is 3.39. The van der Waals surface area contributed by atoms with Gasteiger partial charge in [-0.1, -0.05) is 0 Å². The maximum atomic E-state index is 5.67. The molecule has 2 N–H and O–H groups in total. The van der Waals surface area contributed by atoms with Crippen molar-refractivity contribution >= 4 is 17.4 Å². The first kappa shape index (κ1) is 9.92. The monoisotopic (exact) mass is 223 g/mol. The van der Waals surface area contributed by atoms with Crippen LogP contribution in [-0.4, -0.2) is 19.9 Å². The molecular weight excluding hydrogens is 214 g/mol. The van der Waals surface area contributed by atoms with Gasteiger partial charge in [-0.05, 0) is 24.6 Å². The molecule has 0 amide bonds. The van der Waals surface area contributed by atoms with Gasteiger partial charge in [-0.25, -0.2) is 15.0 Å². The maximum absolute atomic E-state index is 5.67. The van der Waals surface area contributed by atoms with E-state index in [4.69, 9.17) is 11.6 Å². The Kier molecular flexibility index (Phi) is 2.82. The first-order chi connectivity index (χ1) is 7.25. The summed E-state index contributed by atoms with van der Waals surface area (Å²) in [4.78, 5) is 15.0. The molecule has 1 unspecified atom stereocenters. The maximum Gasteiger partial charge on any atom is 0.224 e. The summed E-state index contributed by atoms with van der Waals surface area (Å²) in [5.74, 6) is 1.53. The number of hydrogen-bond donors (Lipinski definition) is 2. The standard InChI is InChI=1S/C9H10ClN5/c1-6(8-11-4-5-12-8)14-7-2-3-13-9(10)15-7/h2-6H,1H3,(H,11,12)(H,13,14,15). The van der Waals surface area contributed by atoms with Gasteiger partial charge in [0.25, 0.3) is 0 Å². The summed E-state index contributed by atoms with van der Waals surface area (Å²) in [6, 6.07) is 1.80. The Bertz CT molecular complexity index is 428. The zero-order valence-corrected chi connectivity index (χ0v) is 8.86. The minimum absolute atomic E-state index is 0.0472. The highest BCUT2D eigenvalue weighted by atomic mass is 35.5. The number of aromatic nitrogens is 4. The number of nitrogens with one attached hydrogen (secondary N) is 2. The average molecular weight is 224 g/mol. The van der Waals surface area contributed by atoms with Crippen LogP contribution in [0, 0.1) is 0 Å². The lowest BCUT2D eigenvalue weighted by Gasteiger charge is -2.11. The molecule has 2 aromatic heterocycles. The fraction of sp³-hybridized carbons (Fsp3) is 0.222. The summed E-state index contributed by atoms with van der Waals surface area (Å²) in [5.41, 5.74) is 0. The van der Waals surface area contributed by atoms with E-state index in [0.717, 1.165) is 5.82 Å². The van der Waals surface area contributed by atoms with E-state index in [2.05, 4.69) is 25.3 Å². The molecule has 0 fully saturated rings. The largest absolute Gasteiger partial charge is 0.360 e. The topological polar surface area (TPSA) is 66.5 Å². The van der Waals surface area contributed by atoms with Crippen molar-refractivity contribution in [3.63, 3.8) is 0 Å². The number of H-pyrrole nitrogens is 1. The van der Waals surface area contributed by atoms with Crippen LogP contribution in [0.1, 0.15) is 18.8 Å². The summed E-state index contributed by atoms with van der Waals surface area (Å²) < 4.78 is 0. The Morgan fingerprint density at radius 3 is 2.93 bits per heavy atom. The highest BCUT2D eigenvalue weighted by Gasteiger charge is 2.07. The normalized spacial score (nSPS) is 12.4. The van der Waals surface area contributed by atoms with E-state index in [9.17, 15) is 0 Å². The van der Waals surface area contributed by atoms with E-state index in [1.54, 1.807) is 24.7 Å². The molecule has 0 saturated heterocycles. The number of halogens is 1. The molecule has 2 aromatic rings. The highest BCUT2D eigenvalue weighted by Crippen LogP contribution is 2.14. The fourth-order valence-electron chi connectivity index (χ4n) is 1.22. The molecule has 0 aliphatic heterocycles. The minimum atomic E-state index is 0.0472. The molecule has 0 aliphatic carbocycles. The van der Waals surface area contributed by atoms with Gasteiger partial charge >= 0.3 is 0 Å². The van der Waals surface area contributed by atoms with Crippen LogP contribution >= 0.6 is 11.6 Å². The predicted octanol–water partition coefficient (Wildman–Crippen LogP) is 2.03. The molecular formula is C9H10ClN5. The molecule has 15 heavy (non-hydrogen) atoms. The second-order valence-electron chi connectivity index (χ2n) is 3.05. The van der Waals surface area contributed by atoms with E-state index >= 15 is 0 Å². The van der Waals surface area contributed by atoms with Gasteiger partial charge in [0.15, 0.2) is 0 Å². The van der Waals surface area contributed by atoms with Crippen molar-refractivity contribution in [1.82, 2.24) is 19.9 Å². The Labute approximate surface area is 91.9 Å². The van der Waals surface area contributed by atoms with Gasteiger partial charge in [-0.2, -0.15) is 0 Å². The average Bonchev–Trinajstić information content (AvgIpc) is 2.70. The number of anilines is 1. The third-order valence-corrected chi connectivity index (χ3v) is 2.10. The first-order valence-corrected chi connectivity index (χ1v) is 4.88. The van der Waals surface area contributed by atoms with E-state index in [1.165, 1.54) is 0 Å². The van der Waals surface area contributed by atoms with Crippen molar-refractivity contribution in [2.24, 2.45) is 0 Å². The Morgan fingerprint density at radius 1 is 1.40 bits per heavy atom. The van der Waals surface area contributed by atoms with Crippen LogP contribution in [0.4, 0.5) is 5.82 Å². The molecule has 0 bridgehead atoms. The zero-order valence-electron chi connectivity index (χ0n) is 8.11. The van der Waals surface area contributed by atoms with Crippen molar-refractivity contribution in [2.45, 2.75) is 13.0 Å². The molecule has 0 saturated carbocycles. The van der Waals surface area contributed by atoms with Crippen LogP contribution in [0.15, 0.2) is 24.7 Å². The van der Waals surface area contributed by atoms with Crippen molar-refractivity contribution in [1.29, 1.82) is 0 Å². The van der Waals surface area contributed by atoms with Crippen molar-refractivity contribution in [3.05, 3.63) is 35.8 Å². The molecule has 0 spiro atoms. The summed E-state index contributed by atoms with van der Waals surface area (Å²) in [6.45, 7) is 1.98. The Morgan fingerprint density at radius 2 is 2.27 bits per heavy atom. The summed E-state index contributed by atoms with van der Waals surface area (Å²) >= 11 is 5.67. The Balaban J connectivity index is 2.09. The van der Waals surface area contributed by atoms with Gasteiger partial charge in [-0.3, -0.25) is 0 Å². The number of rotatable bonds is 3. The van der Waals surface area contributed by atoms with Gasteiger partial charge in [0, 0.05) is 18.6 Å². The van der Waals surface area contributed by atoms with Crippen LogP contribution in [-0.2, 0) is 0 Å². The van der Waals surface area contributed by atoms with E-state index < -0.39 is 0 Å². The molecule has 78 valence electrons. The molecule has 0 radical (unpaired) electrons. The quantitative estimate of drug-likeness (QED) is 0.782.